The largest absolute Gasteiger partial charge is 0.457 e. The van der Waals surface area contributed by atoms with Crippen molar-refractivity contribution in [3.8, 4) is 22.8 Å². The zero-order valence-corrected chi connectivity index (χ0v) is 22.0. The second-order valence-electron chi connectivity index (χ2n) is 10.3. The van der Waals surface area contributed by atoms with E-state index in [0.717, 1.165) is 42.9 Å². The van der Waals surface area contributed by atoms with Crippen molar-refractivity contribution >= 4 is 17.6 Å². The average Bonchev–Trinajstić information content (AvgIpc) is 3.34. The van der Waals surface area contributed by atoms with Crippen molar-refractivity contribution in [3.63, 3.8) is 0 Å². The van der Waals surface area contributed by atoms with Gasteiger partial charge in [0.1, 0.15) is 28.6 Å². The van der Waals surface area contributed by atoms with E-state index < -0.39 is 5.91 Å². The fourth-order valence-corrected chi connectivity index (χ4v) is 5.74. The van der Waals surface area contributed by atoms with Crippen LogP contribution in [0.25, 0.3) is 11.3 Å². The number of carbonyl (C=O) groups is 2. The Morgan fingerprint density at radius 3 is 2.26 bits per heavy atom. The van der Waals surface area contributed by atoms with Gasteiger partial charge in [-0.3, -0.25) is 9.59 Å². The number of nitrogens with zero attached hydrogens (tertiary/aromatic N) is 4. The van der Waals surface area contributed by atoms with Crippen LogP contribution in [0.4, 0.5) is 5.82 Å². The van der Waals surface area contributed by atoms with Crippen LogP contribution in [0.3, 0.4) is 0 Å². The van der Waals surface area contributed by atoms with Crippen molar-refractivity contribution in [3.05, 3.63) is 72.8 Å². The van der Waals surface area contributed by atoms with E-state index in [2.05, 4.69) is 25.3 Å². The first-order valence-corrected chi connectivity index (χ1v) is 13.3. The maximum Gasteiger partial charge on any atom is 0.254 e. The normalized spacial score (nSPS) is 17.8. The van der Waals surface area contributed by atoms with Gasteiger partial charge in [0.15, 0.2) is 0 Å². The lowest BCUT2D eigenvalue weighted by molar-refractivity contribution is -0.127. The van der Waals surface area contributed by atoms with E-state index in [1.807, 2.05) is 64.2 Å². The molecule has 1 fully saturated rings. The number of hydrogen-bond acceptors (Lipinski definition) is 5. The van der Waals surface area contributed by atoms with Gasteiger partial charge in [0.25, 0.3) is 5.91 Å². The first kappa shape index (κ1) is 25.6. The molecule has 3 heterocycles. The minimum atomic E-state index is -0.483. The molecule has 5 rings (SSSR count). The topological polar surface area (TPSA) is 93.7 Å². The number of amides is 2. The van der Waals surface area contributed by atoms with Crippen LogP contribution in [-0.2, 0) is 4.79 Å². The minimum absolute atomic E-state index is 0.0177. The zero-order chi connectivity index (χ0) is 26.8. The molecule has 2 aromatic carbocycles. The highest BCUT2D eigenvalue weighted by Crippen LogP contribution is 2.43. The Morgan fingerprint density at radius 2 is 1.66 bits per heavy atom. The van der Waals surface area contributed by atoms with Crippen LogP contribution in [0.2, 0.25) is 0 Å². The standard InChI is InChI=1S/C30H35N5O3/c1-4-26(36)33-17-14-21(15-18-33)25-16-19-34(20(2)3)30-27(29(31)37)28(32-35(25)30)22-10-12-24(13-11-22)38-23-8-6-5-7-9-23/h4-13,20-21,25H,1,14-19H2,2-3H3,(H2,31,37)/t25-/m0/s1. The number of hydrogen-bond donors (Lipinski definition) is 1. The van der Waals surface area contributed by atoms with Crippen molar-refractivity contribution in [2.24, 2.45) is 11.7 Å². The van der Waals surface area contributed by atoms with Crippen LogP contribution < -0.4 is 15.4 Å². The summed E-state index contributed by atoms with van der Waals surface area (Å²) in [6, 6.07) is 17.5. The van der Waals surface area contributed by atoms with Gasteiger partial charge in [-0.2, -0.15) is 5.10 Å². The van der Waals surface area contributed by atoms with Gasteiger partial charge >= 0.3 is 0 Å². The number of ether oxygens (including phenoxy) is 1. The summed E-state index contributed by atoms with van der Waals surface area (Å²) in [5.41, 5.74) is 7.87. The highest BCUT2D eigenvalue weighted by molar-refractivity contribution is 6.04. The maximum atomic E-state index is 12.9. The van der Waals surface area contributed by atoms with Crippen LogP contribution in [0.5, 0.6) is 11.5 Å². The third-order valence-corrected chi connectivity index (χ3v) is 7.68. The smallest absolute Gasteiger partial charge is 0.254 e. The molecule has 1 saturated heterocycles. The summed E-state index contributed by atoms with van der Waals surface area (Å²) in [5.74, 6) is 2.11. The molecule has 1 atom stereocenters. The van der Waals surface area contributed by atoms with Gasteiger partial charge in [0, 0.05) is 31.2 Å². The lowest BCUT2D eigenvalue weighted by Crippen LogP contribution is -2.45. The molecule has 0 radical (unpaired) electrons. The van der Waals surface area contributed by atoms with Crippen molar-refractivity contribution in [2.45, 2.75) is 45.2 Å². The molecule has 0 aliphatic carbocycles. The summed E-state index contributed by atoms with van der Waals surface area (Å²) in [5, 5.41) is 5.05. The summed E-state index contributed by atoms with van der Waals surface area (Å²) in [4.78, 5) is 29.1. The van der Waals surface area contributed by atoms with Crippen molar-refractivity contribution in [1.82, 2.24) is 14.7 Å². The molecule has 2 amide bonds. The number of aromatic nitrogens is 2. The summed E-state index contributed by atoms with van der Waals surface area (Å²) in [6.45, 7) is 10.1. The van der Waals surface area contributed by atoms with E-state index in [4.69, 9.17) is 15.6 Å². The number of benzene rings is 2. The molecule has 8 heteroatoms. The van der Waals surface area contributed by atoms with Crippen LogP contribution in [0.15, 0.2) is 67.3 Å². The van der Waals surface area contributed by atoms with E-state index >= 15 is 0 Å². The van der Waals surface area contributed by atoms with Gasteiger partial charge in [-0.15, -0.1) is 0 Å². The van der Waals surface area contributed by atoms with Crippen molar-refractivity contribution < 1.29 is 14.3 Å². The fraction of sp³-hybridized carbons (Fsp3) is 0.367. The Kier molecular flexibility index (Phi) is 7.22. The molecule has 0 saturated carbocycles. The summed E-state index contributed by atoms with van der Waals surface area (Å²) in [7, 11) is 0. The average molecular weight is 514 g/mol. The molecule has 0 bridgehead atoms. The Labute approximate surface area is 223 Å². The van der Waals surface area contributed by atoms with Gasteiger partial charge in [-0.1, -0.05) is 24.8 Å². The van der Waals surface area contributed by atoms with Gasteiger partial charge in [-0.25, -0.2) is 4.68 Å². The lowest BCUT2D eigenvalue weighted by atomic mass is 9.86. The number of nitrogens with two attached hydrogens (primary N) is 1. The van der Waals surface area contributed by atoms with Crippen LogP contribution in [0.1, 0.15) is 49.5 Å². The monoisotopic (exact) mass is 513 g/mol. The second-order valence-corrected chi connectivity index (χ2v) is 10.3. The second kappa shape index (κ2) is 10.7. The van der Waals surface area contributed by atoms with Gasteiger partial charge in [0.05, 0.1) is 6.04 Å². The van der Waals surface area contributed by atoms with E-state index in [0.29, 0.717) is 36.0 Å². The molecule has 2 aliphatic rings. The first-order chi connectivity index (χ1) is 18.4. The number of primary amides is 1. The van der Waals surface area contributed by atoms with Crippen LogP contribution in [0, 0.1) is 5.92 Å². The SMILES string of the molecule is C=CC(=O)N1CCC([C@@H]2CCN(C(C)C)c3c(C(N)=O)c(-c4ccc(Oc5ccccc5)cc4)nn32)CC1. The molecule has 0 spiro atoms. The molecular formula is C30H35N5O3. The van der Waals surface area contributed by atoms with Crippen molar-refractivity contribution in [2.75, 3.05) is 24.5 Å². The Balaban J connectivity index is 1.49. The van der Waals surface area contributed by atoms with E-state index in [-0.39, 0.29) is 18.0 Å². The molecule has 8 nitrogen and oxygen atoms in total. The van der Waals surface area contributed by atoms with E-state index in [9.17, 15) is 9.59 Å². The van der Waals surface area contributed by atoms with Gasteiger partial charge in [-0.05, 0) is 81.5 Å². The zero-order valence-electron chi connectivity index (χ0n) is 22.0. The van der Waals surface area contributed by atoms with E-state index in [1.165, 1.54) is 6.08 Å². The Hall–Kier alpha value is -4.07. The quantitative estimate of drug-likeness (QED) is 0.448. The number of piperidine rings is 1. The fourth-order valence-electron chi connectivity index (χ4n) is 5.74. The lowest BCUT2D eigenvalue weighted by Gasteiger charge is -2.42. The highest BCUT2D eigenvalue weighted by atomic mass is 16.5. The number of fused-ring (bicyclic) bond motifs is 1. The third kappa shape index (κ3) is 4.90. The Morgan fingerprint density at radius 1 is 1.00 bits per heavy atom. The van der Waals surface area contributed by atoms with Gasteiger partial charge < -0.3 is 20.3 Å². The molecular weight excluding hydrogens is 478 g/mol. The van der Waals surface area contributed by atoms with Crippen molar-refractivity contribution in [1.29, 1.82) is 0 Å². The predicted molar refractivity (Wildman–Crippen MR) is 148 cm³/mol. The number of anilines is 1. The molecule has 0 unspecified atom stereocenters. The predicted octanol–water partition coefficient (Wildman–Crippen LogP) is 5.03. The molecule has 3 aromatic rings. The number of para-hydroxylation sites is 1. The molecule has 1 aromatic heterocycles. The number of carbonyl (C=O) groups excluding carboxylic acids is 2. The molecule has 38 heavy (non-hydrogen) atoms. The third-order valence-electron chi connectivity index (χ3n) is 7.68. The summed E-state index contributed by atoms with van der Waals surface area (Å²) >= 11 is 0. The molecule has 198 valence electrons. The number of rotatable bonds is 7. The highest BCUT2D eigenvalue weighted by Gasteiger charge is 2.39. The van der Waals surface area contributed by atoms with E-state index in [1.54, 1.807) is 0 Å². The first-order valence-electron chi connectivity index (χ1n) is 13.3. The Bertz CT molecular complexity index is 1310. The van der Waals surface area contributed by atoms with Gasteiger partial charge in [0.2, 0.25) is 5.91 Å². The van der Waals surface area contributed by atoms with Crippen LogP contribution in [-0.4, -0.2) is 52.2 Å². The summed E-state index contributed by atoms with van der Waals surface area (Å²) in [6.07, 6.45) is 4.08. The maximum absolute atomic E-state index is 12.9. The molecule has 2 N–H and O–H groups in total. The number of likely N-dealkylation sites (tertiary alicyclic amines) is 1. The van der Waals surface area contributed by atoms with Crippen LogP contribution >= 0.6 is 0 Å². The molecule has 2 aliphatic heterocycles. The summed E-state index contributed by atoms with van der Waals surface area (Å²) < 4.78 is 7.99. The minimum Gasteiger partial charge on any atom is -0.457 e.